The minimum Gasteiger partial charge on any atom is -0.507 e. The number of ketones is 1. The molecule has 8 heteroatoms. The van der Waals surface area contributed by atoms with E-state index in [1.54, 1.807) is 66.7 Å². The summed E-state index contributed by atoms with van der Waals surface area (Å²) in [5.74, 6) is -0.406. The number of halogens is 1. The van der Waals surface area contributed by atoms with E-state index in [4.69, 9.17) is 25.8 Å². The average molecular weight is 536 g/mol. The third-order valence-electron chi connectivity index (χ3n) is 5.90. The summed E-state index contributed by atoms with van der Waals surface area (Å²) < 4.78 is 17.1. The number of Topliss-reactive ketones (excluding diaryl/α,β-unsaturated/α-hetero) is 1. The predicted octanol–water partition coefficient (Wildman–Crippen LogP) is 6.55. The largest absolute Gasteiger partial charge is 0.507 e. The molecular formula is C30H30ClNO6. The number of rotatable bonds is 9. The van der Waals surface area contributed by atoms with Crippen molar-refractivity contribution >= 4 is 34.7 Å². The molecule has 0 radical (unpaired) electrons. The van der Waals surface area contributed by atoms with E-state index in [0.717, 1.165) is 0 Å². The van der Waals surface area contributed by atoms with Gasteiger partial charge in [0.25, 0.3) is 11.7 Å². The van der Waals surface area contributed by atoms with E-state index in [0.29, 0.717) is 41.7 Å². The van der Waals surface area contributed by atoms with Gasteiger partial charge in [-0.05, 0) is 75.7 Å². The lowest BCUT2D eigenvalue weighted by Gasteiger charge is -2.26. The van der Waals surface area contributed by atoms with Gasteiger partial charge in [0.1, 0.15) is 23.0 Å². The van der Waals surface area contributed by atoms with E-state index in [2.05, 4.69) is 0 Å². The number of ether oxygens (including phenoxy) is 3. The molecular weight excluding hydrogens is 506 g/mol. The van der Waals surface area contributed by atoms with Crippen molar-refractivity contribution in [1.29, 1.82) is 0 Å². The minimum atomic E-state index is -0.950. The molecule has 198 valence electrons. The Balaban J connectivity index is 1.94. The maximum absolute atomic E-state index is 13.5. The molecule has 1 aliphatic heterocycles. The Morgan fingerprint density at radius 3 is 2.26 bits per heavy atom. The van der Waals surface area contributed by atoms with Crippen LogP contribution in [0.3, 0.4) is 0 Å². The van der Waals surface area contributed by atoms with Crippen molar-refractivity contribution in [3.63, 3.8) is 0 Å². The molecule has 3 aromatic rings. The molecule has 7 nitrogen and oxygen atoms in total. The molecule has 1 heterocycles. The Morgan fingerprint density at radius 2 is 1.58 bits per heavy atom. The molecule has 1 N–H and O–H groups in total. The summed E-state index contributed by atoms with van der Waals surface area (Å²) in [5.41, 5.74) is 1.14. The zero-order valence-corrected chi connectivity index (χ0v) is 22.5. The van der Waals surface area contributed by atoms with E-state index in [1.807, 2.05) is 27.7 Å². The van der Waals surface area contributed by atoms with Gasteiger partial charge in [0.15, 0.2) is 0 Å². The highest BCUT2D eigenvalue weighted by Gasteiger charge is 2.47. The van der Waals surface area contributed by atoms with Crippen LogP contribution in [-0.2, 0) is 9.59 Å². The molecule has 0 aliphatic carbocycles. The monoisotopic (exact) mass is 535 g/mol. The highest BCUT2D eigenvalue weighted by atomic mass is 35.5. The van der Waals surface area contributed by atoms with Crippen molar-refractivity contribution in [2.45, 2.75) is 39.8 Å². The third kappa shape index (κ3) is 5.48. The van der Waals surface area contributed by atoms with E-state index in [9.17, 15) is 14.7 Å². The van der Waals surface area contributed by atoms with Gasteiger partial charge in [-0.3, -0.25) is 14.5 Å². The molecule has 1 unspecified atom stereocenters. The van der Waals surface area contributed by atoms with Crippen LogP contribution in [0.4, 0.5) is 5.69 Å². The summed E-state index contributed by atoms with van der Waals surface area (Å²) in [4.78, 5) is 28.4. The summed E-state index contributed by atoms with van der Waals surface area (Å²) in [7, 11) is 0. The lowest BCUT2D eigenvalue weighted by Crippen LogP contribution is -2.29. The summed E-state index contributed by atoms with van der Waals surface area (Å²) in [6, 6.07) is 17.9. The standard InChI is InChI=1S/C30H30ClNO6/c1-5-36-21-11-8-10-20(16-21)32-27(19-9-7-12-23(15-19)38-18(3)4)26(29(34)30(32)35)28(33)24-17-22(37-6-2)13-14-25(24)31/h7-18,27,33H,5-6H2,1-4H3/b28-26+. The van der Waals surface area contributed by atoms with Crippen LogP contribution in [-0.4, -0.2) is 36.1 Å². The van der Waals surface area contributed by atoms with Crippen molar-refractivity contribution in [3.05, 3.63) is 88.5 Å². The van der Waals surface area contributed by atoms with E-state index < -0.39 is 23.5 Å². The highest BCUT2D eigenvalue weighted by molar-refractivity contribution is 6.52. The minimum absolute atomic E-state index is 0.0837. The lowest BCUT2D eigenvalue weighted by atomic mass is 9.94. The first-order valence-corrected chi connectivity index (χ1v) is 12.9. The quantitative estimate of drug-likeness (QED) is 0.190. The topological polar surface area (TPSA) is 85.3 Å². The molecule has 1 saturated heterocycles. The van der Waals surface area contributed by atoms with Crippen molar-refractivity contribution < 1.29 is 28.9 Å². The zero-order valence-electron chi connectivity index (χ0n) is 21.7. The molecule has 1 fully saturated rings. The normalized spacial score (nSPS) is 16.7. The lowest BCUT2D eigenvalue weighted by molar-refractivity contribution is -0.132. The molecule has 0 bridgehead atoms. The van der Waals surface area contributed by atoms with Crippen LogP contribution in [0.1, 0.15) is 44.9 Å². The van der Waals surface area contributed by atoms with Gasteiger partial charge >= 0.3 is 0 Å². The molecule has 3 aromatic carbocycles. The van der Waals surface area contributed by atoms with Crippen molar-refractivity contribution in [2.24, 2.45) is 0 Å². The number of benzene rings is 3. The van der Waals surface area contributed by atoms with Gasteiger partial charge in [0.05, 0.1) is 36.0 Å². The van der Waals surface area contributed by atoms with Crippen molar-refractivity contribution in [1.82, 2.24) is 0 Å². The number of hydrogen-bond acceptors (Lipinski definition) is 6. The zero-order chi connectivity index (χ0) is 27.4. The first-order chi connectivity index (χ1) is 18.2. The molecule has 0 aromatic heterocycles. The molecule has 1 amide bonds. The number of carbonyl (C=O) groups excluding carboxylic acids is 2. The average Bonchev–Trinajstić information content (AvgIpc) is 3.15. The maximum Gasteiger partial charge on any atom is 0.300 e. The second-order valence-corrected chi connectivity index (χ2v) is 9.32. The Morgan fingerprint density at radius 1 is 0.921 bits per heavy atom. The molecule has 1 atom stereocenters. The number of aliphatic hydroxyl groups is 1. The Labute approximate surface area is 227 Å². The summed E-state index contributed by atoms with van der Waals surface area (Å²) in [6.45, 7) is 8.36. The van der Waals surface area contributed by atoms with E-state index in [-0.39, 0.29) is 22.3 Å². The number of carbonyl (C=O) groups is 2. The third-order valence-corrected chi connectivity index (χ3v) is 6.23. The van der Waals surface area contributed by atoms with Crippen LogP contribution in [0.5, 0.6) is 17.2 Å². The van der Waals surface area contributed by atoms with Gasteiger partial charge in [-0.15, -0.1) is 0 Å². The van der Waals surface area contributed by atoms with Gasteiger partial charge in [0, 0.05) is 17.3 Å². The van der Waals surface area contributed by atoms with Gasteiger partial charge in [0.2, 0.25) is 0 Å². The van der Waals surface area contributed by atoms with Crippen LogP contribution in [0.2, 0.25) is 5.02 Å². The van der Waals surface area contributed by atoms with Gasteiger partial charge in [-0.2, -0.15) is 0 Å². The van der Waals surface area contributed by atoms with Crippen LogP contribution < -0.4 is 19.1 Å². The fourth-order valence-corrected chi connectivity index (χ4v) is 4.63. The van der Waals surface area contributed by atoms with Gasteiger partial charge < -0.3 is 19.3 Å². The molecule has 38 heavy (non-hydrogen) atoms. The summed E-state index contributed by atoms with van der Waals surface area (Å²) in [6.07, 6.45) is -0.0837. The van der Waals surface area contributed by atoms with Crippen LogP contribution in [0, 0.1) is 0 Å². The van der Waals surface area contributed by atoms with Crippen LogP contribution in [0.25, 0.3) is 5.76 Å². The molecule has 0 saturated carbocycles. The summed E-state index contributed by atoms with van der Waals surface area (Å²) in [5, 5.41) is 11.7. The highest BCUT2D eigenvalue weighted by Crippen LogP contribution is 2.44. The van der Waals surface area contributed by atoms with Crippen LogP contribution >= 0.6 is 11.6 Å². The summed E-state index contributed by atoms with van der Waals surface area (Å²) >= 11 is 6.44. The molecule has 4 rings (SSSR count). The Hall–Kier alpha value is -3.97. The number of aliphatic hydroxyl groups excluding tert-OH is 1. The Kier molecular flexibility index (Phi) is 8.27. The maximum atomic E-state index is 13.5. The van der Waals surface area contributed by atoms with Gasteiger partial charge in [-0.25, -0.2) is 0 Å². The van der Waals surface area contributed by atoms with Crippen molar-refractivity contribution in [2.75, 3.05) is 18.1 Å². The second-order valence-electron chi connectivity index (χ2n) is 8.91. The number of amides is 1. The first-order valence-electron chi connectivity index (χ1n) is 12.5. The first kappa shape index (κ1) is 27.1. The van der Waals surface area contributed by atoms with E-state index >= 15 is 0 Å². The van der Waals surface area contributed by atoms with Crippen molar-refractivity contribution in [3.8, 4) is 17.2 Å². The predicted molar refractivity (Wildman–Crippen MR) is 147 cm³/mol. The fraction of sp³-hybridized carbons (Fsp3) is 0.267. The second kappa shape index (κ2) is 11.6. The number of nitrogens with zero attached hydrogens (tertiary/aromatic N) is 1. The van der Waals surface area contributed by atoms with Crippen LogP contribution in [0.15, 0.2) is 72.3 Å². The number of anilines is 1. The molecule has 0 spiro atoms. The smallest absolute Gasteiger partial charge is 0.300 e. The SMILES string of the molecule is CCOc1cccc(N2C(=O)C(=O)/C(=C(/O)c3cc(OCC)ccc3Cl)C2c2cccc(OC(C)C)c2)c1. The Bertz CT molecular complexity index is 1380. The molecule has 1 aliphatic rings. The fourth-order valence-electron chi connectivity index (χ4n) is 4.42. The van der Waals surface area contributed by atoms with Gasteiger partial charge in [-0.1, -0.05) is 29.8 Å². The number of hydrogen-bond donors (Lipinski definition) is 1. The van der Waals surface area contributed by atoms with E-state index in [1.165, 1.54) is 4.90 Å².